The fourth-order valence-electron chi connectivity index (χ4n) is 3.16. The van der Waals surface area contributed by atoms with E-state index < -0.39 is 0 Å². The zero-order valence-electron chi connectivity index (χ0n) is 14.6. The fraction of sp³-hybridized carbons (Fsp3) is 0.421. The number of nitrogens with zero attached hydrogens (tertiary/aromatic N) is 3. The molecule has 1 fully saturated rings. The number of carbonyl (C=O) groups is 1. The first-order valence-electron chi connectivity index (χ1n) is 8.47. The highest BCUT2D eigenvalue weighted by Gasteiger charge is 2.24. The molecular weight excluding hydrogens is 318 g/mol. The molecule has 1 aromatic heterocycles. The minimum atomic E-state index is 0.0684. The molecule has 1 amide bonds. The van der Waals surface area contributed by atoms with Gasteiger partial charge < -0.3 is 14.4 Å². The van der Waals surface area contributed by atoms with Crippen LogP contribution in [0.25, 0.3) is 11.4 Å². The first kappa shape index (κ1) is 17.4. The van der Waals surface area contributed by atoms with Gasteiger partial charge in [-0.25, -0.2) is 4.98 Å². The number of benzene rings is 1. The summed E-state index contributed by atoms with van der Waals surface area (Å²) in [6.45, 7) is 2.27. The Bertz CT molecular complexity index is 716. The average Bonchev–Trinajstić information content (AvgIpc) is 2.68. The van der Waals surface area contributed by atoms with Gasteiger partial charge in [-0.2, -0.15) is 4.98 Å². The van der Waals surface area contributed by atoms with E-state index in [-0.39, 0.29) is 5.91 Å². The molecule has 0 bridgehead atoms. The van der Waals surface area contributed by atoms with Crippen LogP contribution >= 0.6 is 0 Å². The van der Waals surface area contributed by atoms with Gasteiger partial charge in [-0.05, 0) is 30.9 Å². The molecule has 0 N–H and O–H groups in total. The fourth-order valence-corrected chi connectivity index (χ4v) is 3.16. The summed E-state index contributed by atoms with van der Waals surface area (Å²) >= 11 is 0. The molecule has 2 aromatic rings. The lowest BCUT2D eigenvalue weighted by atomic mass is 9.98. The van der Waals surface area contributed by atoms with Gasteiger partial charge in [-0.1, -0.05) is 12.1 Å². The van der Waals surface area contributed by atoms with Crippen LogP contribution in [-0.2, 0) is 4.74 Å². The van der Waals surface area contributed by atoms with E-state index in [1.54, 1.807) is 26.5 Å². The van der Waals surface area contributed by atoms with Gasteiger partial charge in [0, 0.05) is 43.6 Å². The summed E-state index contributed by atoms with van der Waals surface area (Å²) in [5, 5.41) is 0. The molecule has 132 valence electrons. The summed E-state index contributed by atoms with van der Waals surface area (Å²) in [4.78, 5) is 23.2. The summed E-state index contributed by atoms with van der Waals surface area (Å²) in [6, 6.07) is 9.12. The smallest absolute Gasteiger partial charge is 0.253 e. The van der Waals surface area contributed by atoms with E-state index >= 15 is 0 Å². The third-order valence-electron chi connectivity index (χ3n) is 4.44. The number of amides is 1. The lowest BCUT2D eigenvalue weighted by molar-refractivity contribution is 0.0571. The third kappa shape index (κ3) is 4.14. The highest BCUT2D eigenvalue weighted by Crippen LogP contribution is 2.21. The molecule has 0 aliphatic carbocycles. The van der Waals surface area contributed by atoms with E-state index in [0.29, 0.717) is 29.8 Å². The molecular formula is C19H23N3O3. The second kappa shape index (κ2) is 8.07. The number of likely N-dealkylation sites (tertiary alicyclic amines) is 1. The molecule has 0 saturated carbocycles. The maximum atomic E-state index is 12.7. The maximum absolute atomic E-state index is 12.7. The summed E-state index contributed by atoms with van der Waals surface area (Å²) < 4.78 is 10.4. The third-order valence-corrected chi connectivity index (χ3v) is 4.44. The first-order chi connectivity index (χ1) is 12.2. The predicted molar refractivity (Wildman–Crippen MR) is 94.5 cm³/mol. The Kier molecular flexibility index (Phi) is 5.60. The highest BCUT2D eigenvalue weighted by molar-refractivity contribution is 5.94. The standard InChI is InChI=1S/C19H23N3O3/c1-24-13-14-4-3-11-22(12-14)19(23)16-7-5-15(6-8-16)18-20-10-9-17(21-18)25-2/h5-10,14H,3-4,11-13H2,1-2H3/t14-/m1/s1. The topological polar surface area (TPSA) is 64.5 Å². The molecule has 1 aromatic carbocycles. The van der Waals surface area contributed by atoms with Gasteiger partial charge >= 0.3 is 0 Å². The van der Waals surface area contributed by atoms with Crippen molar-refractivity contribution < 1.29 is 14.3 Å². The number of ether oxygens (including phenoxy) is 2. The van der Waals surface area contributed by atoms with Crippen molar-refractivity contribution in [1.82, 2.24) is 14.9 Å². The van der Waals surface area contributed by atoms with Crippen LogP contribution in [0.2, 0.25) is 0 Å². The Balaban J connectivity index is 1.72. The predicted octanol–water partition coefficient (Wildman–Crippen LogP) is 2.65. The first-order valence-corrected chi connectivity index (χ1v) is 8.47. The van der Waals surface area contributed by atoms with Crippen LogP contribution in [0.15, 0.2) is 36.5 Å². The molecule has 25 heavy (non-hydrogen) atoms. The molecule has 6 nitrogen and oxygen atoms in total. The van der Waals surface area contributed by atoms with Crippen molar-refractivity contribution in [3.05, 3.63) is 42.1 Å². The van der Waals surface area contributed by atoms with Crippen molar-refractivity contribution in [1.29, 1.82) is 0 Å². The largest absolute Gasteiger partial charge is 0.481 e. The van der Waals surface area contributed by atoms with E-state index in [1.807, 2.05) is 29.2 Å². The Morgan fingerprint density at radius 3 is 2.76 bits per heavy atom. The van der Waals surface area contributed by atoms with Crippen molar-refractivity contribution in [2.24, 2.45) is 5.92 Å². The summed E-state index contributed by atoms with van der Waals surface area (Å²) in [5.74, 6) is 1.59. The summed E-state index contributed by atoms with van der Waals surface area (Å²) in [6.07, 6.45) is 3.79. The van der Waals surface area contributed by atoms with Crippen LogP contribution in [-0.4, -0.2) is 54.7 Å². The molecule has 0 radical (unpaired) electrons. The zero-order valence-corrected chi connectivity index (χ0v) is 14.6. The molecule has 1 aliphatic heterocycles. The molecule has 1 atom stereocenters. The minimum absolute atomic E-state index is 0.0684. The summed E-state index contributed by atoms with van der Waals surface area (Å²) in [7, 11) is 3.28. The monoisotopic (exact) mass is 341 g/mol. The Morgan fingerprint density at radius 2 is 2.04 bits per heavy atom. The van der Waals surface area contributed by atoms with E-state index in [1.165, 1.54) is 0 Å². The number of aromatic nitrogens is 2. The lowest BCUT2D eigenvalue weighted by Crippen LogP contribution is -2.41. The van der Waals surface area contributed by atoms with Crippen molar-refractivity contribution in [3.63, 3.8) is 0 Å². The number of carbonyl (C=O) groups excluding carboxylic acids is 1. The number of methoxy groups -OCH3 is 2. The van der Waals surface area contributed by atoms with Gasteiger partial charge in [-0.15, -0.1) is 0 Å². The molecule has 1 saturated heterocycles. The van der Waals surface area contributed by atoms with Crippen LogP contribution < -0.4 is 4.74 Å². The molecule has 1 aliphatic rings. The maximum Gasteiger partial charge on any atom is 0.253 e. The number of piperidine rings is 1. The normalized spacial score (nSPS) is 17.4. The Labute approximate surface area is 147 Å². The number of hydrogen-bond acceptors (Lipinski definition) is 5. The molecule has 6 heteroatoms. The van der Waals surface area contributed by atoms with Gasteiger partial charge in [0.15, 0.2) is 5.82 Å². The van der Waals surface area contributed by atoms with Crippen molar-refractivity contribution in [2.45, 2.75) is 12.8 Å². The van der Waals surface area contributed by atoms with Crippen molar-refractivity contribution in [3.8, 4) is 17.3 Å². The van der Waals surface area contributed by atoms with Gasteiger partial charge in [0.25, 0.3) is 5.91 Å². The van der Waals surface area contributed by atoms with E-state index in [4.69, 9.17) is 9.47 Å². The molecule has 0 unspecified atom stereocenters. The SMILES string of the molecule is COC[C@@H]1CCCN(C(=O)c2ccc(-c3nccc(OC)n3)cc2)C1. The lowest BCUT2D eigenvalue weighted by Gasteiger charge is -2.32. The van der Waals surface area contributed by atoms with Crippen LogP contribution in [0.1, 0.15) is 23.2 Å². The van der Waals surface area contributed by atoms with E-state index in [2.05, 4.69) is 9.97 Å². The Hall–Kier alpha value is -2.47. The average molecular weight is 341 g/mol. The number of rotatable bonds is 5. The number of hydrogen-bond donors (Lipinski definition) is 0. The van der Waals surface area contributed by atoms with Crippen molar-refractivity contribution >= 4 is 5.91 Å². The van der Waals surface area contributed by atoms with Crippen LogP contribution in [0.3, 0.4) is 0 Å². The summed E-state index contributed by atoms with van der Waals surface area (Å²) in [5.41, 5.74) is 1.54. The van der Waals surface area contributed by atoms with Gasteiger partial charge in [0.2, 0.25) is 5.88 Å². The van der Waals surface area contributed by atoms with Crippen LogP contribution in [0.5, 0.6) is 5.88 Å². The zero-order chi connectivity index (χ0) is 17.6. The van der Waals surface area contributed by atoms with E-state index in [9.17, 15) is 4.79 Å². The Morgan fingerprint density at radius 1 is 1.24 bits per heavy atom. The molecule has 0 spiro atoms. The van der Waals surface area contributed by atoms with Gasteiger partial charge in [0.05, 0.1) is 13.7 Å². The highest BCUT2D eigenvalue weighted by atomic mass is 16.5. The van der Waals surface area contributed by atoms with Crippen molar-refractivity contribution in [2.75, 3.05) is 33.9 Å². The minimum Gasteiger partial charge on any atom is -0.481 e. The second-order valence-corrected chi connectivity index (χ2v) is 6.21. The van der Waals surface area contributed by atoms with Gasteiger partial charge in [-0.3, -0.25) is 4.79 Å². The van der Waals surface area contributed by atoms with E-state index in [0.717, 1.165) is 31.5 Å². The van der Waals surface area contributed by atoms with Gasteiger partial charge in [0.1, 0.15) is 0 Å². The molecule has 3 rings (SSSR count). The second-order valence-electron chi connectivity index (χ2n) is 6.21. The molecule has 2 heterocycles. The van der Waals surface area contributed by atoms with Crippen LogP contribution in [0.4, 0.5) is 0 Å². The quantitative estimate of drug-likeness (QED) is 0.836. The van der Waals surface area contributed by atoms with Crippen LogP contribution in [0, 0.1) is 5.92 Å².